The van der Waals surface area contributed by atoms with Gasteiger partial charge >= 0.3 is 0 Å². The van der Waals surface area contributed by atoms with Gasteiger partial charge in [0.25, 0.3) is 24.5 Å². The molecule has 1 amide bonds. The van der Waals surface area contributed by atoms with Gasteiger partial charge < -0.3 is 19.6 Å². The number of likely N-dealkylation sites (N-methyl/N-ethyl adjacent to an activating group) is 1. The lowest BCUT2D eigenvalue weighted by Crippen LogP contribution is -2.29. The largest absolute Gasteiger partial charge is 0.436 e. The zero-order valence-electron chi connectivity index (χ0n) is 16.6. The molecule has 0 bridgehead atoms. The highest BCUT2D eigenvalue weighted by Gasteiger charge is 2.22. The standard InChI is InChI=1S/C21H15F2N5O4/c1-25-19(29)18(28-30-11-22)14-7-3-5-9-16(14)32-21-17(23)20(26-12-27-21)31-15-8-4-2-6-13(15)10-24/h2-9,12H,11H2,1H3,(H,25,29)/b28-18+. The molecule has 1 aromatic heterocycles. The molecule has 0 saturated carbocycles. The van der Waals surface area contributed by atoms with E-state index in [1.807, 2.05) is 6.07 Å². The number of carbonyl (C=O) groups excluding carboxylic acids is 1. The number of benzene rings is 2. The minimum Gasteiger partial charge on any atom is -0.436 e. The number of hydrogen-bond acceptors (Lipinski definition) is 8. The number of nitrogens with zero attached hydrogens (tertiary/aromatic N) is 4. The molecule has 2 aromatic carbocycles. The van der Waals surface area contributed by atoms with Gasteiger partial charge in [-0.3, -0.25) is 4.79 Å². The van der Waals surface area contributed by atoms with Crippen LogP contribution in [0.2, 0.25) is 0 Å². The Balaban J connectivity index is 1.96. The van der Waals surface area contributed by atoms with Crippen LogP contribution >= 0.6 is 0 Å². The van der Waals surface area contributed by atoms with E-state index in [0.717, 1.165) is 6.33 Å². The highest BCUT2D eigenvalue weighted by atomic mass is 19.1. The fourth-order valence-corrected chi connectivity index (χ4v) is 2.51. The zero-order chi connectivity index (χ0) is 22.9. The monoisotopic (exact) mass is 439 g/mol. The van der Waals surface area contributed by atoms with Crippen molar-refractivity contribution in [1.29, 1.82) is 5.26 Å². The number of alkyl halides is 1. The second-order valence-electron chi connectivity index (χ2n) is 5.86. The smallest absolute Gasteiger partial charge is 0.273 e. The summed E-state index contributed by atoms with van der Waals surface area (Å²) in [5.41, 5.74) is -0.0251. The van der Waals surface area contributed by atoms with Gasteiger partial charge in [0.2, 0.25) is 5.82 Å². The summed E-state index contributed by atoms with van der Waals surface area (Å²) in [6.07, 6.45) is 1.01. The van der Waals surface area contributed by atoms with E-state index < -0.39 is 30.3 Å². The molecule has 0 unspecified atom stereocenters. The average Bonchev–Trinajstić information content (AvgIpc) is 2.82. The predicted molar refractivity (Wildman–Crippen MR) is 107 cm³/mol. The number of aromatic nitrogens is 2. The molecular weight excluding hydrogens is 424 g/mol. The van der Waals surface area contributed by atoms with E-state index in [4.69, 9.17) is 14.7 Å². The number of hydrogen-bond donors (Lipinski definition) is 1. The fraction of sp³-hybridized carbons (Fsp3) is 0.0952. The molecule has 0 saturated heterocycles. The minimum atomic E-state index is -1.26. The lowest BCUT2D eigenvalue weighted by Gasteiger charge is -2.13. The highest BCUT2D eigenvalue weighted by Crippen LogP contribution is 2.32. The first-order valence-corrected chi connectivity index (χ1v) is 9.01. The van der Waals surface area contributed by atoms with Crippen molar-refractivity contribution in [2.24, 2.45) is 5.16 Å². The summed E-state index contributed by atoms with van der Waals surface area (Å²) in [6.45, 7) is -1.26. The van der Waals surface area contributed by atoms with Gasteiger partial charge in [-0.05, 0) is 24.3 Å². The Labute approximate surface area is 180 Å². The molecule has 0 aliphatic heterocycles. The van der Waals surface area contributed by atoms with E-state index in [2.05, 4.69) is 25.3 Å². The van der Waals surface area contributed by atoms with E-state index in [1.165, 1.54) is 31.3 Å². The van der Waals surface area contributed by atoms with Gasteiger partial charge in [-0.25, -0.2) is 4.39 Å². The molecule has 0 aliphatic rings. The minimum absolute atomic E-state index is 0.0155. The van der Waals surface area contributed by atoms with Crippen molar-refractivity contribution in [3.63, 3.8) is 0 Å². The average molecular weight is 439 g/mol. The highest BCUT2D eigenvalue weighted by molar-refractivity contribution is 6.45. The first-order chi connectivity index (χ1) is 15.6. The van der Waals surface area contributed by atoms with Crippen LogP contribution in [0, 0.1) is 17.1 Å². The van der Waals surface area contributed by atoms with Crippen LogP contribution in [-0.2, 0) is 9.63 Å². The number of amides is 1. The maximum absolute atomic E-state index is 15.0. The first kappa shape index (κ1) is 22.1. The Morgan fingerprint density at radius 3 is 2.38 bits per heavy atom. The normalized spacial score (nSPS) is 10.8. The number of para-hydroxylation sites is 2. The summed E-state index contributed by atoms with van der Waals surface area (Å²) in [6, 6.07) is 14.2. The maximum Gasteiger partial charge on any atom is 0.273 e. The summed E-state index contributed by atoms with van der Waals surface area (Å²) in [7, 11) is 1.35. The van der Waals surface area contributed by atoms with Gasteiger partial charge in [0, 0.05) is 7.05 Å². The molecule has 0 aliphatic carbocycles. The molecule has 0 spiro atoms. The summed E-state index contributed by atoms with van der Waals surface area (Å²) >= 11 is 0. The van der Waals surface area contributed by atoms with Crippen molar-refractivity contribution in [3.8, 4) is 29.3 Å². The Morgan fingerprint density at radius 2 is 1.72 bits per heavy atom. The molecule has 3 aromatic rings. The lowest BCUT2D eigenvalue weighted by atomic mass is 10.1. The van der Waals surface area contributed by atoms with Crippen molar-refractivity contribution in [2.45, 2.75) is 0 Å². The molecular formula is C21H15F2N5O4. The second-order valence-corrected chi connectivity index (χ2v) is 5.86. The van der Waals surface area contributed by atoms with E-state index in [0.29, 0.717) is 0 Å². The topological polar surface area (TPSA) is 119 Å². The molecule has 3 rings (SSSR count). The van der Waals surface area contributed by atoms with Crippen LogP contribution < -0.4 is 14.8 Å². The van der Waals surface area contributed by atoms with Gasteiger partial charge in [0.05, 0.1) is 11.1 Å². The zero-order valence-corrected chi connectivity index (χ0v) is 16.6. The van der Waals surface area contributed by atoms with Gasteiger partial charge in [-0.15, -0.1) is 0 Å². The molecule has 11 heteroatoms. The molecule has 0 atom stereocenters. The van der Waals surface area contributed by atoms with Gasteiger partial charge in [0.1, 0.15) is 23.9 Å². The van der Waals surface area contributed by atoms with E-state index in [1.54, 1.807) is 24.3 Å². The Bertz CT molecular complexity index is 1200. The third kappa shape index (κ3) is 4.93. The van der Waals surface area contributed by atoms with Crippen molar-refractivity contribution >= 4 is 11.6 Å². The van der Waals surface area contributed by atoms with Crippen LogP contribution in [0.25, 0.3) is 0 Å². The number of rotatable bonds is 8. The SMILES string of the molecule is CNC(=O)/C(=N/OCF)c1ccccc1Oc1ncnc(Oc2ccccc2C#N)c1F. The third-order valence-electron chi connectivity index (χ3n) is 3.94. The molecule has 0 radical (unpaired) electrons. The summed E-state index contributed by atoms with van der Waals surface area (Å²) in [5, 5.41) is 15.0. The van der Waals surface area contributed by atoms with Crippen molar-refractivity contribution in [1.82, 2.24) is 15.3 Å². The molecule has 0 fully saturated rings. The molecule has 1 N–H and O–H groups in total. The van der Waals surface area contributed by atoms with E-state index in [-0.39, 0.29) is 28.3 Å². The number of nitrogens with one attached hydrogen (secondary N) is 1. The Kier molecular flexibility index (Phi) is 7.21. The molecule has 9 nitrogen and oxygen atoms in total. The number of oxime groups is 1. The quantitative estimate of drug-likeness (QED) is 0.422. The Morgan fingerprint density at radius 1 is 1.09 bits per heavy atom. The van der Waals surface area contributed by atoms with Gasteiger partial charge in [0.15, 0.2) is 5.71 Å². The van der Waals surface area contributed by atoms with Crippen molar-refractivity contribution in [3.05, 3.63) is 71.8 Å². The molecule has 162 valence electrons. The third-order valence-corrected chi connectivity index (χ3v) is 3.94. The maximum atomic E-state index is 15.0. The number of halogens is 2. The van der Waals surface area contributed by atoms with Crippen LogP contribution in [0.4, 0.5) is 8.78 Å². The lowest BCUT2D eigenvalue weighted by molar-refractivity contribution is -0.114. The number of nitriles is 1. The Hall–Kier alpha value is -4.59. The summed E-state index contributed by atoms with van der Waals surface area (Å²) in [5.74, 6) is -2.64. The van der Waals surface area contributed by atoms with E-state index in [9.17, 15) is 13.6 Å². The number of ether oxygens (including phenoxy) is 2. The van der Waals surface area contributed by atoms with E-state index >= 15 is 0 Å². The molecule has 1 heterocycles. The summed E-state index contributed by atoms with van der Waals surface area (Å²) < 4.78 is 38.4. The second kappa shape index (κ2) is 10.4. The van der Waals surface area contributed by atoms with Gasteiger partial charge in [-0.1, -0.05) is 29.4 Å². The number of carbonyl (C=O) groups is 1. The predicted octanol–water partition coefficient (Wildman–Crippen LogP) is 3.47. The van der Waals surface area contributed by atoms with Gasteiger partial charge in [-0.2, -0.15) is 19.6 Å². The first-order valence-electron chi connectivity index (χ1n) is 9.01. The van der Waals surface area contributed by atoms with Crippen molar-refractivity contribution in [2.75, 3.05) is 13.9 Å². The molecule has 32 heavy (non-hydrogen) atoms. The summed E-state index contributed by atoms with van der Waals surface area (Å²) in [4.78, 5) is 24.0. The van der Waals surface area contributed by atoms with Crippen molar-refractivity contribution < 1.29 is 27.9 Å². The van der Waals surface area contributed by atoms with Crippen LogP contribution in [0.15, 0.2) is 60.0 Å². The van der Waals surface area contributed by atoms with Crippen LogP contribution in [0.5, 0.6) is 23.3 Å². The van der Waals surface area contributed by atoms with Crippen LogP contribution in [0.3, 0.4) is 0 Å². The van der Waals surface area contributed by atoms with Crippen LogP contribution in [-0.4, -0.2) is 35.5 Å². The van der Waals surface area contributed by atoms with Crippen LogP contribution in [0.1, 0.15) is 11.1 Å². The fourth-order valence-electron chi connectivity index (χ4n) is 2.51.